The first-order chi connectivity index (χ1) is 10.6. The van der Waals surface area contributed by atoms with Crippen LogP contribution in [0.1, 0.15) is 34.9 Å². The standard InChI is InChI=1S/C17H18N2O2S/c20-14(12-5-2-1-3-6-12)17(8-9-17)11-19-15(21)13-7-4-10-18-16(13)22/h1-7,10,14,20H,8-9,11H2,(H,18,22)(H,19,21)/t14-/m0/s1. The quantitative estimate of drug-likeness (QED) is 0.743. The van der Waals surface area contributed by atoms with E-state index in [0.29, 0.717) is 16.7 Å². The topological polar surface area (TPSA) is 65.1 Å². The van der Waals surface area contributed by atoms with Crippen molar-refractivity contribution in [2.24, 2.45) is 5.41 Å². The van der Waals surface area contributed by atoms with Crippen LogP contribution in [0.4, 0.5) is 0 Å². The first kappa shape index (κ1) is 14.9. The lowest BCUT2D eigenvalue weighted by Crippen LogP contribution is -2.33. The number of carbonyl (C=O) groups is 1. The average Bonchev–Trinajstić information content (AvgIpc) is 3.34. The zero-order chi connectivity index (χ0) is 15.6. The zero-order valence-electron chi connectivity index (χ0n) is 12.1. The van der Waals surface area contributed by atoms with Crippen LogP contribution in [0.2, 0.25) is 0 Å². The van der Waals surface area contributed by atoms with Gasteiger partial charge in [-0.2, -0.15) is 0 Å². The minimum absolute atomic E-state index is 0.201. The molecule has 3 rings (SSSR count). The van der Waals surface area contributed by atoms with Gasteiger partial charge in [-0.25, -0.2) is 0 Å². The Labute approximate surface area is 134 Å². The predicted octanol–water partition coefficient (Wildman–Crippen LogP) is 2.99. The monoisotopic (exact) mass is 314 g/mol. The van der Waals surface area contributed by atoms with Gasteiger partial charge in [-0.3, -0.25) is 4.79 Å². The lowest BCUT2D eigenvalue weighted by molar-refractivity contribution is 0.0807. The second kappa shape index (κ2) is 6.02. The van der Waals surface area contributed by atoms with Gasteiger partial charge in [0.25, 0.3) is 5.91 Å². The van der Waals surface area contributed by atoms with Gasteiger partial charge < -0.3 is 15.4 Å². The highest BCUT2D eigenvalue weighted by Gasteiger charge is 2.49. The van der Waals surface area contributed by atoms with Gasteiger partial charge >= 0.3 is 0 Å². The Hall–Kier alpha value is -1.98. The lowest BCUT2D eigenvalue weighted by atomic mass is 9.92. The van der Waals surface area contributed by atoms with E-state index in [2.05, 4.69) is 10.3 Å². The third kappa shape index (κ3) is 2.96. The minimum Gasteiger partial charge on any atom is -0.388 e. The summed E-state index contributed by atoms with van der Waals surface area (Å²) in [7, 11) is 0. The van der Waals surface area contributed by atoms with Gasteiger partial charge in [0.15, 0.2) is 0 Å². The molecule has 1 heterocycles. The van der Waals surface area contributed by atoms with Gasteiger partial charge in [0.05, 0.1) is 11.7 Å². The fourth-order valence-corrected chi connectivity index (χ4v) is 2.88. The molecule has 1 aromatic heterocycles. The van der Waals surface area contributed by atoms with Crippen molar-refractivity contribution in [2.45, 2.75) is 18.9 Å². The Morgan fingerprint density at radius 1 is 1.27 bits per heavy atom. The molecule has 1 saturated carbocycles. The molecule has 0 bridgehead atoms. The molecule has 1 aliphatic carbocycles. The number of nitrogens with one attached hydrogen (secondary N) is 2. The van der Waals surface area contributed by atoms with Crippen LogP contribution < -0.4 is 5.32 Å². The van der Waals surface area contributed by atoms with Crippen molar-refractivity contribution in [1.82, 2.24) is 10.3 Å². The number of amides is 1. The van der Waals surface area contributed by atoms with Crippen LogP contribution >= 0.6 is 12.2 Å². The highest BCUT2D eigenvalue weighted by atomic mass is 32.1. The van der Waals surface area contributed by atoms with Crippen molar-refractivity contribution in [1.29, 1.82) is 0 Å². The lowest BCUT2D eigenvalue weighted by Gasteiger charge is -2.23. The van der Waals surface area contributed by atoms with Crippen LogP contribution in [0, 0.1) is 10.1 Å². The third-order valence-electron chi connectivity index (χ3n) is 4.25. The molecular formula is C17H18N2O2S. The normalized spacial score (nSPS) is 16.8. The summed E-state index contributed by atoms with van der Waals surface area (Å²) in [5, 5.41) is 13.5. The number of aliphatic hydroxyl groups is 1. The van der Waals surface area contributed by atoms with Gasteiger partial charge in [-0.1, -0.05) is 42.5 Å². The van der Waals surface area contributed by atoms with Crippen LogP contribution in [0.5, 0.6) is 0 Å². The Morgan fingerprint density at radius 2 is 2.00 bits per heavy atom. The van der Waals surface area contributed by atoms with Gasteiger partial charge in [0, 0.05) is 18.2 Å². The van der Waals surface area contributed by atoms with Gasteiger partial charge in [-0.15, -0.1) is 0 Å². The molecule has 114 valence electrons. The fraction of sp³-hybridized carbons (Fsp3) is 0.294. The number of pyridine rings is 1. The fourth-order valence-electron chi connectivity index (χ4n) is 2.65. The van der Waals surface area contributed by atoms with Crippen molar-refractivity contribution in [3.8, 4) is 0 Å². The number of benzene rings is 1. The number of hydrogen-bond donors (Lipinski definition) is 3. The predicted molar refractivity (Wildman–Crippen MR) is 87.0 cm³/mol. The Kier molecular flexibility index (Phi) is 4.09. The van der Waals surface area contributed by atoms with Crippen molar-refractivity contribution < 1.29 is 9.90 Å². The largest absolute Gasteiger partial charge is 0.388 e. The Bertz CT molecular complexity index is 723. The molecule has 1 aromatic carbocycles. The number of aliphatic hydroxyl groups excluding tert-OH is 1. The first-order valence-corrected chi connectivity index (χ1v) is 7.72. The number of H-pyrrole nitrogens is 1. The molecule has 1 fully saturated rings. The molecule has 4 nitrogen and oxygen atoms in total. The molecule has 5 heteroatoms. The van der Waals surface area contributed by atoms with E-state index in [1.807, 2.05) is 30.3 Å². The maximum absolute atomic E-state index is 12.2. The van der Waals surface area contributed by atoms with E-state index in [4.69, 9.17) is 12.2 Å². The summed E-state index contributed by atoms with van der Waals surface area (Å²) >= 11 is 5.11. The summed E-state index contributed by atoms with van der Waals surface area (Å²) in [6.45, 7) is 0.450. The van der Waals surface area contributed by atoms with E-state index in [-0.39, 0.29) is 11.3 Å². The van der Waals surface area contributed by atoms with Crippen molar-refractivity contribution in [3.05, 3.63) is 64.4 Å². The van der Waals surface area contributed by atoms with E-state index in [9.17, 15) is 9.90 Å². The third-order valence-corrected chi connectivity index (χ3v) is 4.59. The number of aromatic amines is 1. The molecule has 0 saturated heterocycles. The maximum Gasteiger partial charge on any atom is 0.254 e. The summed E-state index contributed by atoms with van der Waals surface area (Å²) in [5.74, 6) is -0.201. The van der Waals surface area contributed by atoms with E-state index in [1.165, 1.54) is 0 Å². The van der Waals surface area contributed by atoms with E-state index < -0.39 is 6.10 Å². The zero-order valence-corrected chi connectivity index (χ0v) is 12.9. The summed E-state index contributed by atoms with van der Waals surface area (Å²) < 4.78 is 0.424. The van der Waals surface area contributed by atoms with Gasteiger partial charge in [-0.05, 0) is 30.5 Å². The molecule has 0 aliphatic heterocycles. The second-order valence-electron chi connectivity index (χ2n) is 5.77. The minimum atomic E-state index is -0.556. The van der Waals surface area contributed by atoms with Crippen molar-refractivity contribution >= 4 is 18.1 Å². The van der Waals surface area contributed by atoms with Crippen LogP contribution in [0.15, 0.2) is 48.7 Å². The summed E-state index contributed by atoms with van der Waals surface area (Å²) in [5.41, 5.74) is 1.10. The summed E-state index contributed by atoms with van der Waals surface area (Å²) in [6.07, 6.45) is 2.95. The van der Waals surface area contributed by atoms with E-state index in [0.717, 1.165) is 18.4 Å². The van der Waals surface area contributed by atoms with E-state index in [1.54, 1.807) is 18.3 Å². The first-order valence-electron chi connectivity index (χ1n) is 7.31. The molecule has 1 aliphatic rings. The van der Waals surface area contributed by atoms with Gasteiger partial charge in [0.1, 0.15) is 4.64 Å². The molecular weight excluding hydrogens is 296 g/mol. The molecule has 0 radical (unpaired) electrons. The highest BCUT2D eigenvalue weighted by Crippen LogP contribution is 2.54. The van der Waals surface area contributed by atoms with Crippen LogP contribution in [-0.4, -0.2) is 22.5 Å². The molecule has 1 amide bonds. The Balaban J connectivity index is 1.67. The number of carbonyl (C=O) groups excluding carboxylic acids is 1. The maximum atomic E-state index is 12.2. The number of aromatic nitrogens is 1. The Morgan fingerprint density at radius 3 is 2.64 bits per heavy atom. The molecule has 3 N–H and O–H groups in total. The molecule has 0 spiro atoms. The highest BCUT2D eigenvalue weighted by molar-refractivity contribution is 7.71. The van der Waals surface area contributed by atoms with E-state index >= 15 is 0 Å². The molecule has 2 aromatic rings. The molecule has 0 unspecified atom stereocenters. The van der Waals surface area contributed by atoms with Crippen molar-refractivity contribution in [2.75, 3.05) is 6.54 Å². The number of hydrogen-bond acceptors (Lipinski definition) is 3. The smallest absolute Gasteiger partial charge is 0.254 e. The van der Waals surface area contributed by atoms with Crippen LogP contribution in [0.3, 0.4) is 0 Å². The van der Waals surface area contributed by atoms with Crippen molar-refractivity contribution in [3.63, 3.8) is 0 Å². The molecule has 1 atom stereocenters. The van der Waals surface area contributed by atoms with Crippen LogP contribution in [0.25, 0.3) is 0 Å². The average molecular weight is 314 g/mol. The SMILES string of the molecule is O=C(NCC1([C@@H](O)c2ccccc2)CC1)c1ccc[nH]c1=S. The van der Waals surface area contributed by atoms with Gasteiger partial charge in [0.2, 0.25) is 0 Å². The summed E-state index contributed by atoms with van der Waals surface area (Å²) in [4.78, 5) is 15.1. The summed E-state index contributed by atoms with van der Waals surface area (Å²) in [6, 6.07) is 13.0. The molecule has 22 heavy (non-hydrogen) atoms. The second-order valence-corrected chi connectivity index (χ2v) is 6.18. The van der Waals surface area contributed by atoms with Crippen LogP contribution in [-0.2, 0) is 0 Å². The number of rotatable bonds is 5.